The summed E-state index contributed by atoms with van der Waals surface area (Å²) in [6, 6.07) is 8.74. The van der Waals surface area contributed by atoms with Crippen molar-refractivity contribution in [2.75, 3.05) is 11.9 Å². The van der Waals surface area contributed by atoms with E-state index in [-0.39, 0.29) is 23.3 Å². The first kappa shape index (κ1) is 17.9. The fraction of sp³-hybridized carbons (Fsp3) is 0.167. The van der Waals surface area contributed by atoms with Crippen LogP contribution in [0.15, 0.2) is 47.1 Å². The number of hydrogen-bond donors (Lipinski definition) is 1. The fourth-order valence-corrected chi connectivity index (χ4v) is 3.92. The predicted molar refractivity (Wildman–Crippen MR) is 100 cm³/mol. The second-order valence-corrected chi connectivity index (χ2v) is 7.18. The van der Waals surface area contributed by atoms with Gasteiger partial charge in [0.1, 0.15) is 0 Å². The van der Waals surface area contributed by atoms with E-state index in [0.717, 1.165) is 10.6 Å². The average Bonchev–Trinajstić information content (AvgIpc) is 3.36. The first-order valence-electron chi connectivity index (χ1n) is 8.38. The molecule has 2 amide bonds. The molecule has 3 heterocycles. The Morgan fingerprint density at radius 2 is 2.04 bits per heavy atom. The van der Waals surface area contributed by atoms with Gasteiger partial charge in [0.05, 0.1) is 23.4 Å². The first-order valence-corrected chi connectivity index (χ1v) is 9.20. The molecule has 0 saturated heterocycles. The van der Waals surface area contributed by atoms with Crippen LogP contribution in [0, 0.1) is 10.1 Å². The van der Waals surface area contributed by atoms with Crippen LogP contribution in [-0.2, 0) is 13.0 Å². The molecular weight excluding hydrogens is 384 g/mol. The maximum absolute atomic E-state index is 12.7. The number of aromatic nitrogens is 1. The number of fused-ring (bicyclic) bond motifs is 1. The lowest BCUT2D eigenvalue weighted by Crippen LogP contribution is -2.35. The largest absolute Gasteiger partial charge is 0.459 e. The normalized spacial score (nSPS) is 13.1. The van der Waals surface area contributed by atoms with Crippen molar-refractivity contribution >= 4 is 34.0 Å². The monoisotopic (exact) mass is 398 g/mol. The lowest BCUT2D eigenvalue weighted by atomic mass is 10.1. The number of benzene rings is 1. The van der Waals surface area contributed by atoms with Gasteiger partial charge in [0.2, 0.25) is 0 Å². The quantitative estimate of drug-likeness (QED) is 0.533. The summed E-state index contributed by atoms with van der Waals surface area (Å²) < 4.78 is 5.06. The van der Waals surface area contributed by atoms with E-state index in [4.69, 9.17) is 4.42 Å². The predicted octanol–water partition coefficient (Wildman–Crippen LogP) is 3.10. The minimum atomic E-state index is -0.503. The standard InChI is InChI=1S/C18H14N4O5S/c23-16(14-2-1-9-27-14)20-18-19-13-7-8-21(10-15(13)28-18)17(24)11-3-5-12(6-4-11)22(25)26/h1-6,9H,7-8,10H2,(H,19,20,23). The molecule has 0 unspecified atom stereocenters. The van der Waals surface area contributed by atoms with Crippen molar-refractivity contribution in [1.82, 2.24) is 9.88 Å². The number of anilines is 1. The highest BCUT2D eigenvalue weighted by Gasteiger charge is 2.26. The van der Waals surface area contributed by atoms with Gasteiger partial charge < -0.3 is 9.32 Å². The highest BCUT2D eigenvalue weighted by molar-refractivity contribution is 7.15. The Labute approximate surface area is 162 Å². The van der Waals surface area contributed by atoms with E-state index in [9.17, 15) is 19.7 Å². The molecule has 1 N–H and O–H groups in total. The summed E-state index contributed by atoms with van der Waals surface area (Å²) in [4.78, 5) is 42.0. The Hall–Kier alpha value is -3.53. The lowest BCUT2D eigenvalue weighted by Gasteiger charge is -2.26. The Morgan fingerprint density at radius 1 is 1.25 bits per heavy atom. The minimum Gasteiger partial charge on any atom is -0.459 e. The van der Waals surface area contributed by atoms with Crippen LogP contribution in [0.25, 0.3) is 0 Å². The van der Waals surface area contributed by atoms with Crippen molar-refractivity contribution in [3.8, 4) is 0 Å². The summed E-state index contributed by atoms with van der Waals surface area (Å²) in [5.74, 6) is -0.381. The number of furan rings is 1. The van der Waals surface area contributed by atoms with E-state index in [1.54, 1.807) is 17.0 Å². The summed E-state index contributed by atoms with van der Waals surface area (Å²) >= 11 is 1.32. The molecule has 4 rings (SSSR count). The summed E-state index contributed by atoms with van der Waals surface area (Å²) in [7, 11) is 0. The number of hydrogen-bond acceptors (Lipinski definition) is 7. The van der Waals surface area contributed by atoms with Gasteiger partial charge in [0.25, 0.3) is 17.5 Å². The molecule has 0 saturated carbocycles. The van der Waals surface area contributed by atoms with Crippen LogP contribution in [-0.4, -0.2) is 33.2 Å². The van der Waals surface area contributed by atoms with Crippen molar-refractivity contribution in [3.05, 3.63) is 74.7 Å². The maximum atomic E-state index is 12.7. The van der Waals surface area contributed by atoms with Crippen LogP contribution in [0.2, 0.25) is 0 Å². The third kappa shape index (κ3) is 3.49. The van der Waals surface area contributed by atoms with Gasteiger partial charge in [-0.05, 0) is 24.3 Å². The number of rotatable bonds is 4. The van der Waals surface area contributed by atoms with Crippen LogP contribution in [0.5, 0.6) is 0 Å². The number of carbonyl (C=O) groups excluding carboxylic acids is 2. The number of nitro benzene ring substituents is 1. The summed E-state index contributed by atoms with van der Waals surface area (Å²) in [5, 5.41) is 13.9. The number of nitrogens with zero attached hydrogens (tertiary/aromatic N) is 3. The number of carbonyl (C=O) groups is 2. The number of non-ortho nitro benzene ring substituents is 1. The highest BCUT2D eigenvalue weighted by Crippen LogP contribution is 2.29. The van der Waals surface area contributed by atoms with Crippen LogP contribution in [0.4, 0.5) is 10.8 Å². The van der Waals surface area contributed by atoms with Gasteiger partial charge in [-0.2, -0.15) is 0 Å². The molecule has 3 aromatic rings. The van der Waals surface area contributed by atoms with Gasteiger partial charge in [-0.15, -0.1) is 0 Å². The van der Waals surface area contributed by atoms with Gasteiger partial charge in [-0.1, -0.05) is 11.3 Å². The van der Waals surface area contributed by atoms with Crippen molar-refractivity contribution in [2.45, 2.75) is 13.0 Å². The molecular formula is C18H14N4O5S. The zero-order chi connectivity index (χ0) is 19.7. The topological polar surface area (TPSA) is 119 Å². The van der Waals surface area contributed by atoms with Gasteiger partial charge in [0.15, 0.2) is 10.9 Å². The van der Waals surface area contributed by atoms with Crippen molar-refractivity contribution in [3.63, 3.8) is 0 Å². The van der Waals surface area contributed by atoms with Gasteiger partial charge >= 0.3 is 0 Å². The second kappa shape index (κ2) is 7.24. The van der Waals surface area contributed by atoms with E-state index in [0.29, 0.717) is 30.2 Å². The molecule has 0 spiro atoms. The molecule has 9 nitrogen and oxygen atoms in total. The van der Waals surface area contributed by atoms with Gasteiger partial charge in [0, 0.05) is 35.5 Å². The average molecular weight is 398 g/mol. The molecule has 1 aliphatic rings. The van der Waals surface area contributed by atoms with Gasteiger partial charge in [-0.3, -0.25) is 25.0 Å². The Kier molecular flexibility index (Phi) is 4.62. The van der Waals surface area contributed by atoms with Crippen molar-refractivity contribution < 1.29 is 18.9 Å². The summed E-state index contributed by atoms with van der Waals surface area (Å²) in [5.41, 5.74) is 1.19. The van der Waals surface area contributed by atoms with E-state index in [1.807, 2.05) is 0 Å². The molecule has 0 radical (unpaired) electrons. The van der Waals surface area contributed by atoms with Gasteiger partial charge in [-0.25, -0.2) is 4.98 Å². The van der Waals surface area contributed by atoms with Crippen LogP contribution >= 0.6 is 11.3 Å². The number of amides is 2. The van der Waals surface area contributed by atoms with Crippen LogP contribution in [0.3, 0.4) is 0 Å². The number of thiazole rings is 1. The maximum Gasteiger partial charge on any atom is 0.293 e. The molecule has 2 aromatic heterocycles. The zero-order valence-corrected chi connectivity index (χ0v) is 15.3. The van der Waals surface area contributed by atoms with Crippen molar-refractivity contribution in [2.24, 2.45) is 0 Å². The summed E-state index contributed by atoms with van der Waals surface area (Å²) in [6.45, 7) is 0.859. The second-order valence-electron chi connectivity index (χ2n) is 6.10. The zero-order valence-electron chi connectivity index (χ0n) is 14.5. The fourth-order valence-electron chi connectivity index (χ4n) is 2.90. The molecule has 1 aromatic carbocycles. The molecule has 142 valence electrons. The van der Waals surface area contributed by atoms with E-state index in [2.05, 4.69) is 10.3 Å². The smallest absolute Gasteiger partial charge is 0.293 e. The Bertz CT molecular complexity index is 1040. The summed E-state index contributed by atoms with van der Waals surface area (Å²) in [6.07, 6.45) is 1.99. The van der Waals surface area contributed by atoms with Crippen LogP contribution in [0.1, 0.15) is 31.5 Å². The van der Waals surface area contributed by atoms with E-state index >= 15 is 0 Å². The molecule has 0 atom stereocenters. The molecule has 10 heteroatoms. The van der Waals surface area contributed by atoms with Crippen LogP contribution < -0.4 is 5.32 Å². The van der Waals surface area contributed by atoms with E-state index < -0.39 is 4.92 Å². The lowest BCUT2D eigenvalue weighted by molar-refractivity contribution is -0.384. The molecule has 0 aliphatic carbocycles. The Morgan fingerprint density at radius 3 is 2.71 bits per heavy atom. The number of nitro groups is 1. The molecule has 0 fully saturated rings. The molecule has 28 heavy (non-hydrogen) atoms. The Balaban J connectivity index is 1.45. The first-order chi connectivity index (χ1) is 13.5. The highest BCUT2D eigenvalue weighted by atomic mass is 32.1. The SMILES string of the molecule is O=C(Nc1nc2c(s1)CN(C(=O)c1ccc([N+](=O)[O-])cc1)CC2)c1ccco1. The number of nitrogens with one attached hydrogen (secondary N) is 1. The molecule has 0 bridgehead atoms. The third-order valence-electron chi connectivity index (χ3n) is 4.31. The van der Waals surface area contributed by atoms with Crippen molar-refractivity contribution in [1.29, 1.82) is 0 Å². The minimum absolute atomic E-state index is 0.0584. The van der Waals surface area contributed by atoms with E-state index in [1.165, 1.54) is 41.9 Å². The third-order valence-corrected chi connectivity index (χ3v) is 5.31. The molecule has 1 aliphatic heterocycles.